The Morgan fingerprint density at radius 3 is 2.75 bits per heavy atom. The minimum Gasteiger partial charge on any atom is -0.492 e. The second-order valence-corrected chi connectivity index (χ2v) is 2.94. The van der Waals surface area contributed by atoms with Gasteiger partial charge in [0.1, 0.15) is 0 Å². The Balaban J connectivity index is 3.10. The fourth-order valence-corrected chi connectivity index (χ4v) is 1.31. The fourth-order valence-electron chi connectivity index (χ4n) is 0.666. The van der Waals surface area contributed by atoms with Gasteiger partial charge in [-0.05, 0) is 16.0 Å². The molecule has 0 fully saturated rings. The lowest BCUT2D eigenvalue weighted by Crippen LogP contribution is -1.95. The van der Waals surface area contributed by atoms with Crippen LogP contribution in [0.4, 0.5) is 5.82 Å². The summed E-state index contributed by atoms with van der Waals surface area (Å²) in [4.78, 5) is 13.4. The summed E-state index contributed by atoms with van der Waals surface area (Å²) in [6, 6.07) is 2.83. The van der Waals surface area contributed by atoms with Gasteiger partial charge in [-0.2, -0.15) is 0 Å². The number of pyridine rings is 1. The van der Waals surface area contributed by atoms with Crippen molar-refractivity contribution in [3.8, 4) is 5.75 Å². The quantitative estimate of drug-likeness (QED) is 0.357. The highest BCUT2D eigenvalue weighted by molar-refractivity contribution is 14.1. The van der Waals surface area contributed by atoms with Crippen LogP contribution in [0, 0.1) is 13.8 Å². The Morgan fingerprint density at radius 1 is 1.67 bits per heavy atom. The zero-order valence-corrected chi connectivity index (χ0v) is 8.31. The molecule has 0 bridgehead atoms. The van der Waals surface area contributed by atoms with Crippen molar-refractivity contribution >= 4 is 28.4 Å². The second kappa shape index (κ2) is 3.65. The summed E-state index contributed by atoms with van der Waals surface area (Å²) in [5.41, 5.74) is 0. The number of hydrogen-bond acceptors (Lipinski definition) is 4. The van der Waals surface area contributed by atoms with Crippen LogP contribution in [0.15, 0.2) is 12.1 Å². The molecular formula is C6H5IN2O3. The number of methoxy groups -OCH3 is 1. The Labute approximate surface area is 82.0 Å². The van der Waals surface area contributed by atoms with Crippen molar-refractivity contribution in [2.75, 3.05) is 7.11 Å². The van der Waals surface area contributed by atoms with E-state index >= 15 is 0 Å². The first-order valence-corrected chi connectivity index (χ1v) is 4.08. The van der Waals surface area contributed by atoms with Gasteiger partial charge in [0.25, 0.3) is 3.70 Å². The number of ether oxygens (including phenoxy) is 1. The summed E-state index contributed by atoms with van der Waals surface area (Å²) in [6.07, 6.45) is 0. The van der Waals surface area contributed by atoms with E-state index in [-0.39, 0.29) is 5.82 Å². The predicted octanol–water partition coefficient (Wildman–Crippen LogP) is 1.60. The molecule has 0 amide bonds. The molecule has 0 saturated carbocycles. The lowest BCUT2D eigenvalue weighted by atomic mass is 10.4. The Kier molecular flexibility index (Phi) is 2.79. The molecule has 0 aromatic carbocycles. The third-order valence-electron chi connectivity index (χ3n) is 1.21. The smallest absolute Gasteiger partial charge is 0.364 e. The zero-order chi connectivity index (χ0) is 9.14. The summed E-state index contributed by atoms with van der Waals surface area (Å²) >= 11 is 1.88. The van der Waals surface area contributed by atoms with Gasteiger partial charge in [-0.1, -0.05) is 0 Å². The molecule has 1 aromatic rings. The Bertz CT molecular complexity index is 316. The van der Waals surface area contributed by atoms with Gasteiger partial charge >= 0.3 is 5.82 Å². The Morgan fingerprint density at radius 2 is 2.33 bits per heavy atom. The molecule has 64 valence electrons. The molecule has 0 radical (unpaired) electrons. The van der Waals surface area contributed by atoms with Crippen LogP contribution in [0.5, 0.6) is 5.75 Å². The minimum atomic E-state index is -0.540. The first-order valence-electron chi connectivity index (χ1n) is 3.00. The van der Waals surface area contributed by atoms with Gasteiger partial charge in [-0.3, -0.25) is 0 Å². The maximum absolute atomic E-state index is 10.3. The summed E-state index contributed by atoms with van der Waals surface area (Å²) in [5.74, 6) is 0.376. The molecule has 1 heterocycles. The maximum Gasteiger partial charge on any atom is 0.364 e. The van der Waals surface area contributed by atoms with E-state index in [1.165, 1.54) is 19.2 Å². The largest absolute Gasteiger partial charge is 0.492 e. The third kappa shape index (κ3) is 1.81. The standard InChI is InChI=1S/C6H5IN2O3/c1-12-4-2-3-5(9(10)11)8-6(4)7/h2-3H,1H3. The maximum atomic E-state index is 10.3. The molecule has 0 aliphatic carbocycles. The van der Waals surface area contributed by atoms with Crippen LogP contribution in [0.2, 0.25) is 0 Å². The van der Waals surface area contributed by atoms with E-state index in [1.807, 2.05) is 22.6 Å². The van der Waals surface area contributed by atoms with E-state index in [0.717, 1.165) is 0 Å². The molecule has 1 aromatic heterocycles. The van der Waals surface area contributed by atoms with Crippen LogP contribution in [-0.2, 0) is 0 Å². The highest BCUT2D eigenvalue weighted by Crippen LogP contribution is 2.20. The van der Waals surface area contributed by atoms with Crippen molar-refractivity contribution in [1.29, 1.82) is 0 Å². The Hall–Kier alpha value is -0.920. The zero-order valence-electron chi connectivity index (χ0n) is 6.15. The molecule has 0 aliphatic heterocycles. The average Bonchev–Trinajstić information content (AvgIpc) is 2.04. The van der Waals surface area contributed by atoms with Crippen molar-refractivity contribution in [2.45, 2.75) is 0 Å². The molecule has 12 heavy (non-hydrogen) atoms. The molecule has 6 heteroatoms. The number of rotatable bonds is 2. The number of halogens is 1. The lowest BCUT2D eigenvalue weighted by Gasteiger charge is -1.97. The van der Waals surface area contributed by atoms with Gasteiger partial charge in [-0.15, -0.1) is 0 Å². The van der Waals surface area contributed by atoms with Crippen molar-refractivity contribution in [3.05, 3.63) is 25.9 Å². The number of nitro groups is 1. The van der Waals surface area contributed by atoms with Gasteiger partial charge in [0.2, 0.25) is 0 Å². The molecule has 0 atom stereocenters. The normalized spacial score (nSPS) is 9.50. The lowest BCUT2D eigenvalue weighted by molar-refractivity contribution is -0.389. The topological polar surface area (TPSA) is 65.3 Å². The number of aromatic nitrogens is 1. The summed E-state index contributed by atoms with van der Waals surface area (Å²) < 4.78 is 5.38. The van der Waals surface area contributed by atoms with Crippen LogP contribution in [0.1, 0.15) is 0 Å². The van der Waals surface area contributed by atoms with E-state index in [9.17, 15) is 10.1 Å². The average molecular weight is 280 g/mol. The minimum absolute atomic E-state index is 0.166. The van der Waals surface area contributed by atoms with E-state index in [2.05, 4.69) is 4.98 Å². The highest BCUT2D eigenvalue weighted by atomic mass is 127. The van der Waals surface area contributed by atoms with Crippen molar-refractivity contribution < 1.29 is 9.66 Å². The van der Waals surface area contributed by atoms with Crippen molar-refractivity contribution in [1.82, 2.24) is 4.98 Å². The highest BCUT2D eigenvalue weighted by Gasteiger charge is 2.12. The van der Waals surface area contributed by atoms with Crippen LogP contribution >= 0.6 is 22.6 Å². The van der Waals surface area contributed by atoms with E-state index in [1.54, 1.807) is 0 Å². The molecule has 1 rings (SSSR count). The van der Waals surface area contributed by atoms with Crippen LogP contribution in [0.25, 0.3) is 0 Å². The van der Waals surface area contributed by atoms with Gasteiger partial charge in [0, 0.05) is 28.7 Å². The van der Waals surface area contributed by atoms with E-state index in [0.29, 0.717) is 9.45 Å². The first kappa shape index (κ1) is 9.17. The van der Waals surface area contributed by atoms with Crippen molar-refractivity contribution in [3.63, 3.8) is 0 Å². The molecule has 0 aliphatic rings. The third-order valence-corrected chi connectivity index (χ3v) is 1.98. The van der Waals surface area contributed by atoms with Gasteiger partial charge in [0.15, 0.2) is 5.75 Å². The van der Waals surface area contributed by atoms with Gasteiger partial charge in [0.05, 0.1) is 7.11 Å². The monoisotopic (exact) mass is 280 g/mol. The fraction of sp³-hybridized carbons (Fsp3) is 0.167. The molecule has 0 saturated heterocycles. The number of hydrogen-bond donors (Lipinski definition) is 0. The van der Waals surface area contributed by atoms with Crippen molar-refractivity contribution in [2.24, 2.45) is 0 Å². The van der Waals surface area contributed by atoms with Gasteiger partial charge in [-0.25, -0.2) is 0 Å². The van der Waals surface area contributed by atoms with E-state index < -0.39 is 4.92 Å². The van der Waals surface area contributed by atoms with Crippen LogP contribution in [-0.4, -0.2) is 17.0 Å². The molecule has 5 nitrogen and oxygen atoms in total. The molecule has 0 N–H and O–H groups in total. The summed E-state index contributed by atoms with van der Waals surface area (Å²) in [5, 5.41) is 10.3. The molecule has 0 spiro atoms. The van der Waals surface area contributed by atoms with E-state index in [4.69, 9.17) is 4.74 Å². The summed E-state index contributed by atoms with van der Waals surface area (Å²) in [6.45, 7) is 0. The first-order chi connectivity index (χ1) is 5.65. The second-order valence-electron chi connectivity index (χ2n) is 1.92. The summed E-state index contributed by atoms with van der Waals surface area (Å²) in [7, 11) is 1.49. The number of nitrogens with zero attached hydrogens (tertiary/aromatic N) is 2. The van der Waals surface area contributed by atoms with Gasteiger partial charge < -0.3 is 14.9 Å². The predicted molar refractivity (Wildman–Crippen MR) is 50.2 cm³/mol. The van der Waals surface area contributed by atoms with Crippen LogP contribution in [0.3, 0.4) is 0 Å². The SMILES string of the molecule is COc1ccc([N+](=O)[O-])nc1I. The molecular weight excluding hydrogens is 275 g/mol. The van der Waals surface area contributed by atoms with Crippen LogP contribution < -0.4 is 4.74 Å². The molecule has 0 unspecified atom stereocenters.